The quantitative estimate of drug-likeness (QED) is 0.168. The molecule has 0 fully saturated rings. The summed E-state index contributed by atoms with van der Waals surface area (Å²) >= 11 is 0. The smallest absolute Gasteiger partial charge is 2.00 e. The molecule has 0 N–H and O–H groups in total. The maximum atomic E-state index is 0. The first-order valence-electron chi connectivity index (χ1n) is 0. The Morgan fingerprint density at radius 2 is 0.0200 bits per heavy atom. The van der Waals surface area contributed by atoms with E-state index in [0.717, 1.165) is 0 Å². The molecule has 100 heteroatoms. The van der Waals surface area contributed by atoms with Crippen LogP contribution in [0.25, 0.3) is 0 Å². The van der Waals surface area contributed by atoms with E-state index in [-0.39, 0.29) is 1600 Å². The third-order valence-corrected chi connectivity index (χ3v) is 0. The molecular formula is Cu85P15+125. The summed E-state index contributed by atoms with van der Waals surface area (Å²) in [5, 5.41) is 0. The first-order valence-corrected chi connectivity index (χ1v) is 0. The van der Waals surface area contributed by atoms with Gasteiger partial charge in [0, 0.05) is 0 Å². The van der Waals surface area contributed by atoms with Crippen molar-refractivity contribution in [2.24, 2.45) is 0 Å². The van der Waals surface area contributed by atoms with Crippen molar-refractivity contribution in [1.29, 1.82) is 0 Å². The Morgan fingerprint density at radius 3 is 0.0200 bits per heavy atom. The van der Waals surface area contributed by atoms with E-state index in [9.17, 15) is 0 Å². The molecule has 100 heavy (non-hydrogen) atoms. The summed E-state index contributed by atoms with van der Waals surface area (Å²) in [5.74, 6) is 0. The maximum absolute atomic E-state index is 0. The van der Waals surface area contributed by atoms with Crippen LogP contribution in [0.5, 0.6) is 0 Å². The van der Waals surface area contributed by atoms with Crippen molar-refractivity contribution in [2.75, 3.05) is 0 Å². The second-order valence-electron chi connectivity index (χ2n) is 0. The van der Waals surface area contributed by atoms with Gasteiger partial charge in [0.15, 0.2) is 0 Å². The predicted molar refractivity (Wildman–Crippen MR) is 104 cm³/mol. The van der Waals surface area contributed by atoms with Crippen molar-refractivity contribution in [3.63, 3.8) is 0 Å². The van der Waals surface area contributed by atoms with Gasteiger partial charge >= 0.3 is 1450 Å². The van der Waals surface area contributed by atoms with Crippen LogP contribution in [0.1, 0.15) is 0 Å². The Morgan fingerprint density at radius 1 is 0.0200 bits per heavy atom. The molecule has 0 saturated heterocycles. The minimum atomic E-state index is 0. The molecule has 0 spiro atoms. The largest absolute Gasteiger partial charge is 3.00 e. The average molecular weight is 5870 g/mol. The Bertz CT molecular complexity index is 61.0. The van der Waals surface area contributed by atoms with E-state index >= 15 is 0 Å². The topological polar surface area (TPSA) is 0 Å². The van der Waals surface area contributed by atoms with Gasteiger partial charge in [0.25, 0.3) is 0 Å². The minimum absolute atomic E-state index is 0. The fourth-order valence-electron chi connectivity index (χ4n) is 0. The molecule has 85 radical (unpaired) electrons. The summed E-state index contributed by atoms with van der Waals surface area (Å²) in [5.41, 5.74) is 0. The summed E-state index contributed by atoms with van der Waals surface area (Å²) < 4.78 is 0. The third-order valence-electron chi connectivity index (χ3n) is 0. The van der Waals surface area contributed by atoms with Gasteiger partial charge in [0.2, 0.25) is 0 Å². The summed E-state index contributed by atoms with van der Waals surface area (Å²) in [6.07, 6.45) is 0. The van der Waals surface area contributed by atoms with E-state index in [1.54, 1.807) is 0 Å². The Kier molecular flexibility index (Phi) is 17000. The van der Waals surface area contributed by atoms with Gasteiger partial charge in [0.1, 0.15) is 0 Å². The molecular weight excluding hydrogens is 5870 g/mol. The van der Waals surface area contributed by atoms with Crippen LogP contribution in [0.4, 0.5) is 0 Å². The van der Waals surface area contributed by atoms with Gasteiger partial charge in [-0.25, -0.2) is 0 Å². The zero-order valence-corrected chi connectivity index (χ0v) is 126. The van der Waals surface area contributed by atoms with Crippen molar-refractivity contribution in [1.82, 2.24) is 0 Å². The van der Waals surface area contributed by atoms with Gasteiger partial charge < -0.3 is 148 Å². The van der Waals surface area contributed by atoms with Crippen molar-refractivity contribution in [3.05, 3.63) is 0 Å². The Balaban J connectivity index is 0. The van der Waals surface area contributed by atoms with Gasteiger partial charge in [-0.05, 0) is 0 Å². The molecule has 0 aliphatic carbocycles. The van der Waals surface area contributed by atoms with Gasteiger partial charge in [0.05, 0.1) is 0 Å². The number of rotatable bonds is 0. The SMILES string of the molecule is [Cu+2].[Cu+2].[Cu+2].[Cu+2].[Cu+2].[Cu+2].[Cu+2].[Cu+2].[Cu+2].[Cu+2].[Cu+2].[Cu+2].[Cu+2].[Cu+2].[Cu+2].[Cu+2].[Cu+2].[Cu+2].[Cu+2].[Cu+2].[Cu+2].[Cu+2].[Cu+2].[Cu+2].[Cu+2].[Cu+2].[Cu+2].[Cu+2].[Cu+2].[Cu+2].[Cu+2].[Cu+2].[Cu+2].[Cu+2].[Cu+2].[Cu+2].[Cu+2].[Cu+2].[Cu+2].[Cu+2].[Cu+2].[Cu+2].[Cu+2].[Cu+2].[Cu+2].[Cu+2].[Cu+2].[Cu+2].[Cu+2].[Cu+2].[Cu+2].[Cu+2].[Cu+2].[Cu+2].[Cu+2].[Cu+2].[Cu+2].[Cu+2].[Cu+2].[Cu+2].[Cu+2].[Cu+2].[Cu+2].[Cu+2].[Cu+2].[Cu+2].[Cu+2].[Cu+2].[Cu+2].[Cu+2].[Cu+2].[Cu+2].[Cu+2].[Cu+2].[Cu+2].[Cu+2].[Cu+2].[Cu+2].[Cu+2].[Cu+2].[Cu+2].[Cu+2].[Cu+2].[Cu+2].[Cu+2].[P-3].[P-3].[P-3].[P-3].[P-3].[P-3].[P-3].[P-3].[P-3].[P-3].[P-3].[P-3].[P-3].[P-3].[P-3]. The van der Waals surface area contributed by atoms with Crippen molar-refractivity contribution < 1.29 is 1450 Å². The van der Waals surface area contributed by atoms with E-state index < -0.39 is 0 Å². The Hall–Kier alpha value is 50.6. The third kappa shape index (κ3) is 1260. The summed E-state index contributed by atoms with van der Waals surface area (Å²) in [7, 11) is 0. The van der Waals surface area contributed by atoms with Crippen LogP contribution >= 0.6 is 148 Å². The Labute approximate surface area is 1560 Å². The van der Waals surface area contributed by atoms with E-state index in [0.29, 0.717) is 0 Å². The maximum Gasteiger partial charge on any atom is 2.00 e. The zero-order valence-electron chi connectivity index (χ0n) is 32.3. The van der Waals surface area contributed by atoms with Crippen LogP contribution in [-0.4, -0.2) is 0 Å². The van der Waals surface area contributed by atoms with E-state index in [2.05, 4.69) is 0 Å². The molecule has 0 unspecified atom stereocenters. The molecule has 885 valence electrons. The van der Waals surface area contributed by atoms with Gasteiger partial charge in [-0.1, -0.05) is 0 Å². The number of hydrogen-bond acceptors (Lipinski definition) is 0. The van der Waals surface area contributed by atoms with Crippen LogP contribution < -0.4 is 0 Å². The van der Waals surface area contributed by atoms with Gasteiger partial charge in [-0.2, -0.15) is 0 Å². The summed E-state index contributed by atoms with van der Waals surface area (Å²) in [4.78, 5) is 0. The fraction of sp³-hybridized carbons (Fsp3) is 0. The van der Waals surface area contributed by atoms with Crippen molar-refractivity contribution in [2.45, 2.75) is 0 Å². The average Bonchev–Trinajstić information content (AvgIpc) is 0. The standard InChI is InChI=1S/85Cu.15P/q85*+2;15*-3. The van der Waals surface area contributed by atoms with E-state index in [1.807, 2.05) is 0 Å². The fourth-order valence-corrected chi connectivity index (χ4v) is 0. The second kappa shape index (κ2) is 1290. The minimum Gasteiger partial charge on any atom is -3.00 e. The number of hydrogen-bond donors (Lipinski definition) is 0. The normalized spacial score (nSPS) is 0. The molecule has 0 nitrogen and oxygen atoms in total. The predicted octanol–water partition coefficient (Wildman–Crippen LogP) is 12.7. The monoisotopic (exact) mass is 5810 g/mol. The molecule has 0 heterocycles. The molecule has 0 aliphatic heterocycles. The molecule has 0 bridgehead atoms. The van der Waals surface area contributed by atoms with Gasteiger partial charge in [-0.15, -0.1) is 0 Å². The second-order valence-corrected chi connectivity index (χ2v) is 0. The van der Waals surface area contributed by atoms with Crippen molar-refractivity contribution in [3.8, 4) is 0 Å². The van der Waals surface area contributed by atoms with E-state index in [1.165, 1.54) is 0 Å². The molecule has 0 aromatic heterocycles. The molecule has 0 aromatic carbocycles. The molecule has 0 aromatic rings. The first-order chi connectivity index (χ1) is 0. The molecule has 0 saturated carbocycles. The van der Waals surface area contributed by atoms with Crippen LogP contribution in [0.2, 0.25) is 0 Å². The molecule has 0 rings (SSSR count). The van der Waals surface area contributed by atoms with Crippen molar-refractivity contribution >= 4 is 148 Å². The van der Waals surface area contributed by atoms with Crippen LogP contribution in [0.3, 0.4) is 0 Å². The molecule has 0 aliphatic rings. The van der Waals surface area contributed by atoms with E-state index in [4.69, 9.17) is 0 Å². The first kappa shape index (κ1) is 1320. The summed E-state index contributed by atoms with van der Waals surface area (Å²) in [6, 6.07) is 0. The van der Waals surface area contributed by atoms with Crippen LogP contribution in [-0.2, 0) is 1450 Å². The summed E-state index contributed by atoms with van der Waals surface area (Å²) in [6.45, 7) is 0. The molecule has 0 atom stereocenters. The molecule has 0 amide bonds. The van der Waals surface area contributed by atoms with Gasteiger partial charge in [-0.3, -0.25) is 0 Å². The zero-order chi connectivity index (χ0) is 0. The van der Waals surface area contributed by atoms with Crippen LogP contribution in [0.15, 0.2) is 0 Å². The van der Waals surface area contributed by atoms with Crippen LogP contribution in [0, 0.1) is 0 Å².